The van der Waals surface area contributed by atoms with Crippen LogP contribution in [-0.2, 0) is 0 Å². The van der Waals surface area contributed by atoms with Gasteiger partial charge in [-0.3, -0.25) is 13.1 Å². The number of pyridine rings is 1. The first-order valence-electron chi connectivity index (χ1n) is 2.94. The molecule has 1 heterocycles. The third kappa shape index (κ3) is 2.07. The number of aromatic amines is 1. The van der Waals surface area contributed by atoms with Gasteiger partial charge in [0.05, 0.1) is 28.4 Å². The molecule has 12 heavy (non-hydrogen) atoms. The van der Waals surface area contributed by atoms with Gasteiger partial charge in [-0.15, -0.1) is 0 Å². The van der Waals surface area contributed by atoms with Gasteiger partial charge in [0.1, 0.15) is 0 Å². The first-order chi connectivity index (χ1) is 5.65. The Morgan fingerprint density at radius 2 is 2.33 bits per heavy atom. The van der Waals surface area contributed by atoms with Crippen molar-refractivity contribution < 1.29 is 4.79 Å². The summed E-state index contributed by atoms with van der Waals surface area (Å²) in [6.07, 6.45) is 1.43. The Bertz CT molecular complexity index is 363. The molecule has 0 aliphatic heterocycles. The van der Waals surface area contributed by atoms with Crippen LogP contribution in [0.3, 0.4) is 0 Å². The van der Waals surface area contributed by atoms with E-state index in [9.17, 15) is 9.59 Å². The Labute approximate surface area is 90.4 Å². The monoisotopic (exact) mass is 342 g/mol. The lowest BCUT2D eigenvalue weighted by atomic mass is 10.2. The highest BCUT2D eigenvalue weighted by Crippen LogP contribution is 2.12. The van der Waals surface area contributed by atoms with Gasteiger partial charge >= 0.3 is 0 Å². The van der Waals surface area contributed by atoms with Crippen molar-refractivity contribution in [2.45, 2.75) is 0 Å². The molecule has 1 rings (SSSR count). The molecule has 0 spiro atoms. The lowest BCUT2D eigenvalue weighted by Crippen LogP contribution is -2.16. The van der Waals surface area contributed by atoms with E-state index in [1.807, 2.05) is 0 Å². The minimum atomic E-state index is -0.298. The number of aromatic nitrogens is 1. The van der Waals surface area contributed by atoms with Crippen molar-refractivity contribution in [2.24, 2.45) is 0 Å². The summed E-state index contributed by atoms with van der Waals surface area (Å²) in [6.45, 7) is 0. The number of rotatable bonds is 1. The molecule has 1 amide bonds. The number of carbonyl (C=O) groups excluding carboxylic acids is 1. The molecular formula is C6H4BrIN2O2. The molecule has 0 fully saturated rings. The Morgan fingerprint density at radius 1 is 1.67 bits per heavy atom. The second-order valence-electron chi connectivity index (χ2n) is 1.98. The van der Waals surface area contributed by atoms with Crippen molar-refractivity contribution in [3.63, 3.8) is 0 Å². The topological polar surface area (TPSA) is 62.0 Å². The predicted molar refractivity (Wildman–Crippen MR) is 56.2 cm³/mol. The van der Waals surface area contributed by atoms with E-state index in [0.717, 1.165) is 0 Å². The molecule has 0 saturated carbocycles. The molecule has 0 atom stereocenters. The van der Waals surface area contributed by atoms with Crippen LogP contribution in [0.5, 0.6) is 0 Å². The van der Waals surface area contributed by atoms with Crippen molar-refractivity contribution >= 4 is 44.7 Å². The molecule has 0 bridgehead atoms. The van der Waals surface area contributed by atoms with Crippen LogP contribution in [0, 0.1) is 0 Å². The van der Waals surface area contributed by atoms with E-state index in [4.69, 9.17) is 0 Å². The molecule has 0 aromatic carbocycles. The van der Waals surface area contributed by atoms with Gasteiger partial charge in [0.25, 0.3) is 5.91 Å². The van der Waals surface area contributed by atoms with Crippen molar-refractivity contribution in [1.82, 2.24) is 8.51 Å². The van der Waals surface area contributed by atoms with Gasteiger partial charge in [-0.2, -0.15) is 0 Å². The fourth-order valence-electron chi connectivity index (χ4n) is 0.679. The summed E-state index contributed by atoms with van der Waals surface area (Å²) < 4.78 is 2.96. The molecule has 1 aromatic heterocycles. The average molecular weight is 343 g/mol. The van der Waals surface area contributed by atoms with Gasteiger partial charge in [0.15, 0.2) is 0 Å². The summed E-state index contributed by atoms with van der Waals surface area (Å²) in [6, 6.07) is 1.23. The minimum Gasteiger partial charge on any atom is -0.328 e. The van der Waals surface area contributed by atoms with E-state index in [1.54, 1.807) is 22.9 Å². The maximum atomic E-state index is 11.1. The molecule has 1 aromatic rings. The normalized spacial score (nSPS) is 9.50. The summed E-state index contributed by atoms with van der Waals surface area (Å²) in [5.74, 6) is -0.298. The zero-order valence-electron chi connectivity index (χ0n) is 5.73. The molecule has 0 aliphatic carbocycles. The highest BCUT2D eigenvalue weighted by Gasteiger charge is 2.08. The maximum Gasteiger partial charge on any atom is 0.261 e. The third-order valence-electron chi connectivity index (χ3n) is 1.20. The number of hydrogen-bond donors (Lipinski definition) is 2. The second kappa shape index (κ2) is 4.04. The molecule has 2 N–H and O–H groups in total. The summed E-state index contributed by atoms with van der Waals surface area (Å²) in [7, 11) is 0. The van der Waals surface area contributed by atoms with E-state index in [0.29, 0.717) is 10.0 Å². The Balaban J connectivity index is 3.22. The molecule has 4 nitrogen and oxygen atoms in total. The van der Waals surface area contributed by atoms with Gasteiger partial charge < -0.3 is 4.98 Å². The number of halogens is 2. The number of nitrogens with one attached hydrogen (secondary N) is 2. The molecule has 0 unspecified atom stereocenters. The fraction of sp³-hybridized carbons (Fsp3) is 0. The van der Waals surface area contributed by atoms with Crippen molar-refractivity contribution in [3.05, 3.63) is 32.7 Å². The van der Waals surface area contributed by atoms with Crippen LogP contribution >= 0.6 is 38.8 Å². The van der Waals surface area contributed by atoms with Crippen LogP contribution in [-0.4, -0.2) is 10.9 Å². The van der Waals surface area contributed by atoms with Crippen molar-refractivity contribution in [3.8, 4) is 0 Å². The highest BCUT2D eigenvalue weighted by molar-refractivity contribution is 14.1. The van der Waals surface area contributed by atoms with Gasteiger partial charge in [0, 0.05) is 16.7 Å². The average Bonchev–Trinajstić information content (AvgIpc) is 2.08. The van der Waals surface area contributed by atoms with Gasteiger partial charge in [-0.05, 0) is 15.9 Å². The molecule has 0 radical (unpaired) electrons. The van der Waals surface area contributed by atoms with E-state index < -0.39 is 0 Å². The number of carbonyl (C=O) groups is 1. The first kappa shape index (κ1) is 9.72. The van der Waals surface area contributed by atoms with E-state index in [1.165, 1.54) is 12.3 Å². The van der Waals surface area contributed by atoms with Crippen LogP contribution < -0.4 is 9.09 Å². The van der Waals surface area contributed by atoms with Crippen LogP contribution in [0.1, 0.15) is 10.4 Å². The highest BCUT2D eigenvalue weighted by atomic mass is 127. The standard InChI is InChI=1S/C6H4BrIN2O2/c7-4-2-9-5(11)1-3(4)6(12)10-8/h1-2H,(H,9,11)(H,10,12). The van der Waals surface area contributed by atoms with E-state index in [2.05, 4.69) is 24.4 Å². The smallest absolute Gasteiger partial charge is 0.261 e. The van der Waals surface area contributed by atoms with Crippen LogP contribution in [0.2, 0.25) is 0 Å². The van der Waals surface area contributed by atoms with E-state index in [-0.39, 0.29) is 11.5 Å². The summed E-state index contributed by atoms with van der Waals surface area (Å²) in [5, 5.41) is 0. The lowest BCUT2D eigenvalue weighted by molar-refractivity contribution is 0.0988. The van der Waals surface area contributed by atoms with Crippen LogP contribution in [0.15, 0.2) is 21.5 Å². The van der Waals surface area contributed by atoms with Gasteiger partial charge in [0.2, 0.25) is 5.56 Å². The summed E-state index contributed by atoms with van der Waals surface area (Å²) in [5.41, 5.74) is 0.0290. The number of H-pyrrole nitrogens is 1. The fourth-order valence-corrected chi connectivity index (χ4v) is 1.38. The summed E-state index contributed by atoms with van der Waals surface area (Å²) >= 11 is 4.85. The molecule has 6 heteroatoms. The SMILES string of the molecule is O=C(NI)c1cc(=O)[nH]cc1Br. The molecule has 0 aliphatic rings. The maximum absolute atomic E-state index is 11.1. The van der Waals surface area contributed by atoms with E-state index >= 15 is 0 Å². The Hall–Kier alpha value is -0.370. The molecular weight excluding hydrogens is 339 g/mol. The van der Waals surface area contributed by atoms with Crippen molar-refractivity contribution in [1.29, 1.82) is 0 Å². The third-order valence-corrected chi connectivity index (χ3v) is 2.35. The van der Waals surface area contributed by atoms with Crippen LogP contribution in [0.25, 0.3) is 0 Å². The largest absolute Gasteiger partial charge is 0.328 e. The zero-order valence-corrected chi connectivity index (χ0v) is 9.47. The number of amides is 1. The molecule has 0 saturated heterocycles. The van der Waals surface area contributed by atoms with Gasteiger partial charge in [-0.25, -0.2) is 0 Å². The second-order valence-corrected chi connectivity index (χ2v) is 3.38. The lowest BCUT2D eigenvalue weighted by Gasteiger charge is -1.98. The van der Waals surface area contributed by atoms with Crippen molar-refractivity contribution in [2.75, 3.05) is 0 Å². The first-order valence-corrected chi connectivity index (χ1v) is 4.81. The quantitative estimate of drug-likeness (QED) is 0.595. The van der Waals surface area contributed by atoms with Gasteiger partial charge in [-0.1, -0.05) is 0 Å². The summed E-state index contributed by atoms with van der Waals surface area (Å²) in [4.78, 5) is 24.3. The zero-order chi connectivity index (χ0) is 9.14. The Kier molecular flexibility index (Phi) is 3.27. The minimum absolute atomic E-state index is 0.298. The van der Waals surface area contributed by atoms with Crippen LogP contribution in [0.4, 0.5) is 0 Å². The Morgan fingerprint density at radius 3 is 2.92 bits per heavy atom. The predicted octanol–water partition coefficient (Wildman–Crippen LogP) is 1.22. The number of hydrogen-bond acceptors (Lipinski definition) is 2. The molecule has 64 valence electrons.